The van der Waals surface area contributed by atoms with Crippen molar-refractivity contribution in [1.29, 1.82) is 0 Å². The highest BCUT2D eigenvalue weighted by molar-refractivity contribution is 9.10. The van der Waals surface area contributed by atoms with Crippen LogP contribution in [0.1, 0.15) is 23.0 Å². The molecule has 0 spiro atoms. The van der Waals surface area contributed by atoms with Crippen LogP contribution in [0.25, 0.3) is 17.0 Å². The van der Waals surface area contributed by atoms with Crippen LogP contribution in [0.4, 0.5) is 5.95 Å². The number of rotatable bonds is 6. The second kappa shape index (κ2) is 9.16. The minimum atomic E-state index is -0.461. The summed E-state index contributed by atoms with van der Waals surface area (Å²) in [5.41, 5.74) is 2.90. The third kappa shape index (κ3) is 4.41. The highest BCUT2D eigenvalue weighted by atomic mass is 79.9. The van der Waals surface area contributed by atoms with Crippen molar-refractivity contribution in [2.45, 2.75) is 20.0 Å². The van der Waals surface area contributed by atoms with Crippen LogP contribution in [0.5, 0.6) is 0 Å². The van der Waals surface area contributed by atoms with E-state index < -0.39 is 5.91 Å². The Morgan fingerprint density at radius 2 is 1.94 bits per heavy atom. The Hall–Kier alpha value is -3.28. The lowest BCUT2D eigenvalue weighted by molar-refractivity contribution is 0.102. The number of aromatic nitrogens is 8. The average molecular weight is 561 g/mol. The van der Waals surface area contributed by atoms with Crippen LogP contribution < -0.4 is 5.32 Å². The number of nitrogens with zero attached hydrogens (tertiary/aromatic N) is 8. The molecule has 1 N–H and O–H groups in total. The maximum atomic E-state index is 12.8. The molecule has 10 nitrogen and oxygen atoms in total. The molecule has 0 aliphatic rings. The number of hydrogen-bond donors (Lipinski definition) is 1. The van der Waals surface area contributed by atoms with Crippen LogP contribution in [-0.4, -0.2) is 45.1 Å². The van der Waals surface area contributed by atoms with Crippen LogP contribution in [0, 0.1) is 0 Å². The first-order chi connectivity index (χ1) is 16.4. The maximum absolute atomic E-state index is 12.8. The zero-order valence-electron chi connectivity index (χ0n) is 17.7. The van der Waals surface area contributed by atoms with Gasteiger partial charge in [-0.25, -0.2) is 19.2 Å². The predicted molar refractivity (Wildman–Crippen MR) is 131 cm³/mol. The average Bonchev–Trinajstić information content (AvgIpc) is 3.53. The minimum absolute atomic E-state index is 0.143. The number of benzene rings is 1. The summed E-state index contributed by atoms with van der Waals surface area (Å²) in [7, 11) is 0. The van der Waals surface area contributed by atoms with E-state index in [4.69, 9.17) is 23.2 Å². The Labute approximate surface area is 211 Å². The van der Waals surface area contributed by atoms with E-state index >= 15 is 0 Å². The van der Waals surface area contributed by atoms with Crippen LogP contribution in [-0.2, 0) is 13.1 Å². The number of anilines is 1. The van der Waals surface area contributed by atoms with E-state index in [2.05, 4.69) is 46.5 Å². The Bertz CT molecular complexity index is 1520. The van der Waals surface area contributed by atoms with Gasteiger partial charge in [0.2, 0.25) is 5.95 Å². The van der Waals surface area contributed by atoms with Crippen molar-refractivity contribution in [3.63, 3.8) is 0 Å². The zero-order valence-corrected chi connectivity index (χ0v) is 20.8. The number of hydrogen-bond acceptors (Lipinski definition) is 6. The summed E-state index contributed by atoms with van der Waals surface area (Å²) in [5.74, 6) is -0.318. The lowest BCUT2D eigenvalue weighted by atomic mass is 10.2. The highest BCUT2D eigenvalue weighted by Crippen LogP contribution is 2.27. The molecule has 0 saturated carbocycles. The number of carbonyl (C=O) groups is 1. The van der Waals surface area contributed by atoms with Crippen molar-refractivity contribution < 1.29 is 4.79 Å². The topological polar surface area (TPSA) is 108 Å². The van der Waals surface area contributed by atoms with E-state index in [1.165, 1.54) is 6.33 Å². The molecule has 4 aromatic heterocycles. The van der Waals surface area contributed by atoms with Crippen LogP contribution in [0.2, 0.25) is 10.0 Å². The quantitative estimate of drug-likeness (QED) is 0.326. The number of fused-ring (bicyclic) bond motifs is 1. The molecular weight excluding hydrogens is 545 g/mol. The van der Waals surface area contributed by atoms with E-state index in [0.717, 1.165) is 16.6 Å². The predicted octanol–water partition coefficient (Wildman–Crippen LogP) is 4.57. The molecule has 0 atom stereocenters. The normalized spacial score (nSPS) is 11.3. The van der Waals surface area contributed by atoms with Gasteiger partial charge in [0.15, 0.2) is 11.3 Å². The van der Waals surface area contributed by atoms with Crippen molar-refractivity contribution in [1.82, 2.24) is 39.1 Å². The molecule has 1 amide bonds. The molecular formula is C21H16BrCl2N9O. The fourth-order valence-electron chi connectivity index (χ4n) is 3.34. The second-order valence-electron chi connectivity index (χ2n) is 7.27. The molecule has 0 saturated heterocycles. The monoisotopic (exact) mass is 559 g/mol. The summed E-state index contributed by atoms with van der Waals surface area (Å²) in [6.45, 7) is 3.10. The smallest absolute Gasteiger partial charge is 0.278 e. The van der Waals surface area contributed by atoms with Gasteiger partial charge >= 0.3 is 0 Å². The molecule has 4 heterocycles. The van der Waals surface area contributed by atoms with Crippen LogP contribution in [0.15, 0.2) is 53.5 Å². The van der Waals surface area contributed by atoms with E-state index in [-0.39, 0.29) is 11.6 Å². The Balaban J connectivity index is 1.37. The van der Waals surface area contributed by atoms with Gasteiger partial charge in [-0.1, -0.05) is 29.3 Å². The first-order valence-corrected chi connectivity index (χ1v) is 11.7. The Morgan fingerprint density at radius 1 is 1.09 bits per heavy atom. The molecule has 172 valence electrons. The van der Waals surface area contributed by atoms with Crippen molar-refractivity contribution in [2.75, 3.05) is 5.32 Å². The van der Waals surface area contributed by atoms with Crippen LogP contribution in [0.3, 0.4) is 0 Å². The number of aryl methyl sites for hydroxylation is 1. The van der Waals surface area contributed by atoms with Crippen molar-refractivity contribution in [3.05, 3.63) is 74.8 Å². The third-order valence-electron chi connectivity index (χ3n) is 4.98. The van der Waals surface area contributed by atoms with Crippen molar-refractivity contribution in [3.8, 4) is 11.4 Å². The summed E-state index contributed by atoms with van der Waals surface area (Å²) < 4.78 is 5.77. The number of halogens is 3. The highest BCUT2D eigenvalue weighted by Gasteiger charge is 2.18. The van der Waals surface area contributed by atoms with Gasteiger partial charge in [-0.05, 0) is 46.6 Å². The van der Waals surface area contributed by atoms with Gasteiger partial charge in [-0.2, -0.15) is 10.2 Å². The number of carbonyl (C=O) groups excluding carboxylic acids is 1. The molecule has 34 heavy (non-hydrogen) atoms. The maximum Gasteiger partial charge on any atom is 0.278 e. The first-order valence-electron chi connectivity index (χ1n) is 10.1. The van der Waals surface area contributed by atoms with Gasteiger partial charge in [-0.3, -0.25) is 14.8 Å². The molecule has 0 bridgehead atoms. The molecule has 13 heteroatoms. The van der Waals surface area contributed by atoms with Crippen LogP contribution >= 0.6 is 39.1 Å². The van der Waals surface area contributed by atoms with E-state index in [1.807, 2.05) is 23.9 Å². The molecule has 0 unspecified atom stereocenters. The summed E-state index contributed by atoms with van der Waals surface area (Å²) in [6.07, 6.45) is 5.04. The lowest BCUT2D eigenvalue weighted by Gasteiger charge is -2.04. The van der Waals surface area contributed by atoms with E-state index in [1.54, 1.807) is 39.7 Å². The fraction of sp³-hybridized carbons (Fsp3) is 0.143. The van der Waals surface area contributed by atoms with Crippen molar-refractivity contribution in [2.24, 2.45) is 0 Å². The zero-order chi connectivity index (χ0) is 23.8. The molecule has 0 aliphatic carbocycles. The van der Waals surface area contributed by atoms with Gasteiger partial charge < -0.3 is 0 Å². The fourth-order valence-corrected chi connectivity index (χ4v) is 4.32. The van der Waals surface area contributed by atoms with Crippen molar-refractivity contribution >= 4 is 56.6 Å². The summed E-state index contributed by atoms with van der Waals surface area (Å²) in [4.78, 5) is 21.3. The Morgan fingerprint density at radius 3 is 2.71 bits per heavy atom. The lowest BCUT2D eigenvalue weighted by Crippen LogP contribution is -2.14. The minimum Gasteiger partial charge on any atom is -0.288 e. The molecule has 0 radical (unpaired) electrons. The number of nitrogens with one attached hydrogen (secondary N) is 1. The van der Waals surface area contributed by atoms with Gasteiger partial charge in [0, 0.05) is 35.1 Å². The molecule has 1 aromatic carbocycles. The third-order valence-corrected chi connectivity index (χ3v) is 6.15. The SMILES string of the molecule is CCn1cc(Br)c(-c2ccnc3cc(C(=O)Nc4ncn(Cc5ccc(Cl)cc5Cl)n4)nn23)n1. The largest absolute Gasteiger partial charge is 0.288 e. The first kappa shape index (κ1) is 22.5. The molecule has 5 aromatic rings. The standard InChI is InChI=1S/C21H16BrCl2N9O/c1-2-31-10-14(22)19(29-31)17-5-6-25-18-8-16(28-33(17)18)20(34)27-21-26-11-32(30-21)9-12-3-4-13(23)7-15(12)24/h3-8,10-11H,2,9H2,1H3,(H,27,30,34). The van der Waals surface area contributed by atoms with E-state index in [9.17, 15) is 4.79 Å². The molecule has 0 fully saturated rings. The summed E-state index contributed by atoms with van der Waals surface area (Å²) >= 11 is 15.7. The summed E-state index contributed by atoms with van der Waals surface area (Å²) in [5, 5.41) is 17.0. The van der Waals surface area contributed by atoms with Gasteiger partial charge in [0.05, 0.1) is 16.7 Å². The molecule has 0 aliphatic heterocycles. The van der Waals surface area contributed by atoms with E-state index in [0.29, 0.717) is 33.6 Å². The number of amides is 1. The van der Waals surface area contributed by atoms with Gasteiger partial charge in [0.1, 0.15) is 12.0 Å². The van der Waals surface area contributed by atoms with Gasteiger partial charge in [-0.15, -0.1) is 5.10 Å². The summed E-state index contributed by atoms with van der Waals surface area (Å²) in [6, 6.07) is 8.61. The molecule has 5 rings (SSSR count). The van der Waals surface area contributed by atoms with Gasteiger partial charge in [0.25, 0.3) is 5.91 Å². The second-order valence-corrected chi connectivity index (χ2v) is 8.96. The Kier molecular flexibility index (Phi) is 6.07.